The summed E-state index contributed by atoms with van der Waals surface area (Å²) in [5.41, 5.74) is 0.0814. The van der Waals surface area contributed by atoms with Crippen molar-refractivity contribution in [3.63, 3.8) is 0 Å². The first kappa shape index (κ1) is 13.6. The molecule has 98 valence electrons. The Labute approximate surface area is 120 Å². The van der Waals surface area contributed by atoms with Gasteiger partial charge in [-0.1, -0.05) is 0 Å². The van der Waals surface area contributed by atoms with E-state index in [2.05, 4.69) is 27.9 Å². The third kappa shape index (κ3) is 3.14. The number of aromatic hydroxyl groups is 1. The standard InChI is InChI=1S/C13H16INO3/c1-13(4-6-18-7-5-13)15-12(17)10-8-9(14)2-3-11(10)16/h2-3,8,16H,4-7H2,1H3,(H,15,17). The summed E-state index contributed by atoms with van der Waals surface area (Å²) in [5.74, 6) is -0.209. The average Bonchev–Trinajstić information content (AvgIpc) is 2.32. The van der Waals surface area contributed by atoms with Crippen molar-refractivity contribution < 1.29 is 14.6 Å². The molecule has 1 saturated heterocycles. The van der Waals surface area contributed by atoms with Gasteiger partial charge in [-0.25, -0.2) is 0 Å². The van der Waals surface area contributed by atoms with Gasteiger partial charge in [0.15, 0.2) is 0 Å². The second kappa shape index (κ2) is 5.44. The monoisotopic (exact) mass is 361 g/mol. The minimum Gasteiger partial charge on any atom is -0.507 e. The van der Waals surface area contributed by atoms with Crippen LogP contribution in [-0.4, -0.2) is 29.8 Å². The van der Waals surface area contributed by atoms with E-state index in [0.29, 0.717) is 18.8 Å². The molecular formula is C13H16INO3. The van der Waals surface area contributed by atoms with Crippen LogP contribution in [0.3, 0.4) is 0 Å². The maximum Gasteiger partial charge on any atom is 0.255 e. The Morgan fingerprint density at radius 2 is 2.11 bits per heavy atom. The van der Waals surface area contributed by atoms with Gasteiger partial charge >= 0.3 is 0 Å². The second-order valence-corrected chi connectivity index (χ2v) is 6.03. The average molecular weight is 361 g/mol. The fraction of sp³-hybridized carbons (Fsp3) is 0.462. The number of phenolic OH excluding ortho intramolecular Hbond substituents is 1. The predicted octanol–water partition coefficient (Wildman–Crippen LogP) is 2.30. The topological polar surface area (TPSA) is 58.6 Å². The summed E-state index contributed by atoms with van der Waals surface area (Å²) in [5, 5.41) is 12.7. The first-order valence-corrected chi connectivity index (χ1v) is 6.97. The number of hydrogen-bond acceptors (Lipinski definition) is 3. The molecule has 2 rings (SSSR count). The Balaban J connectivity index is 2.14. The molecule has 0 aliphatic carbocycles. The molecule has 0 unspecified atom stereocenters. The zero-order chi connectivity index (χ0) is 13.2. The van der Waals surface area contributed by atoms with Crippen LogP contribution in [-0.2, 0) is 4.74 Å². The molecule has 0 atom stereocenters. The van der Waals surface area contributed by atoms with Gasteiger partial charge < -0.3 is 15.2 Å². The van der Waals surface area contributed by atoms with Crippen LogP contribution in [0.4, 0.5) is 0 Å². The molecule has 0 bridgehead atoms. The van der Waals surface area contributed by atoms with Crippen LogP contribution in [0.15, 0.2) is 18.2 Å². The highest BCUT2D eigenvalue weighted by Gasteiger charge is 2.29. The Morgan fingerprint density at radius 3 is 2.78 bits per heavy atom. The first-order chi connectivity index (χ1) is 8.50. The maximum absolute atomic E-state index is 12.2. The fourth-order valence-electron chi connectivity index (χ4n) is 1.98. The van der Waals surface area contributed by atoms with Crippen molar-refractivity contribution >= 4 is 28.5 Å². The van der Waals surface area contributed by atoms with E-state index in [1.54, 1.807) is 18.2 Å². The minimum absolute atomic E-state index is 0.0172. The molecule has 1 aromatic carbocycles. The summed E-state index contributed by atoms with van der Waals surface area (Å²) in [6, 6.07) is 5.00. The van der Waals surface area contributed by atoms with Crippen LogP contribution in [0.2, 0.25) is 0 Å². The van der Waals surface area contributed by atoms with Crippen LogP contribution >= 0.6 is 22.6 Å². The van der Waals surface area contributed by atoms with Crippen molar-refractivity contribution in [3.8, 4) is 5.75 Å². The van der Waals surface area contributed by atoms with Crippen LogP contribution in [0, 0.1) is 3.57 Å². The molecule has 1 amide bonds. The molecule has 1 aliphatic heterocycles. The van der Waals surface area contributed by atoms with Crippen molar-refractivity contribution in [2.75, 3.05) is 13.2 Å². The summed E-state index contributed by atoms with van der Waals surface area (Å²) in [6.45, 7) is 3.34. The zero-order valence-electron chi connectivity index (χ0n) is 10.2. The van der Waals surface area contributed by atoms with Crippen molar-refractivity contribution in [1.82, 2.24) is 5.32 Å². The number of hydrogen-bond donors (Lipinski definition) is 2. The lowest BCUT2D eigenvalue weighted by molar-refractivity contribution is 0.0422. The summed E-state index contributed by atoms with van der Waals surface area (Å²) >= 11 is 2.12. The molecule has 0 radical (unpaired) electrons. The van der Waals surface area contributed by atoms with E-state index >= 15 is 0 Å². The highest BCUT2D eigenvalue weighted by atomic mass is 127. The van der Waals surface area contributed by atoms with Gasteiger partial charge in [-0.2, -0.15) is 0 Å². The van der Waals surface area contributed by atoms with E-state index in [9.17, 15) is 9.90 Å². The van der Waals surface area contributed by atoms with Gasteiger partial charge in [0.2, 0.25) is 0 Å². The maximum atomic E-state index is 12.2. The number of nitrogens with one attached hydrogen (secondary N) is 1. The quantitative estimate of drug-likeness (QED) is 0.795. The Kier molecular flexibility index (Phi) is 4.11. The highest BCUT2D eigenvalue weighted by Crippen LogP contribution is 2.23. The van der Waals surface area contributed by atoms with Crippen LogP contribution in [0.25, 0.3) is 0 Å². The molecule has 1 aliphatic rings. The number of phenols is 1. The number of ether oxygens (including phenoxy) is 1. The van der Waals surface area contributed by atoms with Gasteiger partial charge in [0.1, 0.15) is 5.75 Å². The van der Waals surface area contributed by atoms with Crippen molar-refractivity contribution in [3.05, 3.63) is 27.3 Å². The van der Waals surface area contributed by atoms with Gasteiger partial charge in [0.05, 0.1) is 5.56 Å². The largest absolute Gasteiger partial charge is 0.507 e. The lowest BCUT2D eigenvalue weighted by Gasteiger charge is -2.34. The lowest BCUT2D eigenvalue weighted by atomic mass is 9.92. The van der Waals surface area contributed by atoms with E-state index in [1.165, 1.54) is 0 Å². The van der Waals surface area contributed by atoms with E-state index < -0.39 is 0 Å². The highest BCUT2D eigenvalue weighted by molar-refractivity contribution is 14.1. The van der Waals surface area contributed by atoms with Gasteiger partial charge in [0.25, 0.3) is 5.91 Å². The number of carbonyl (C=O) groups is 1. The van der Waals surface area contributed by atoms with Crippen molar-refractivity contribution in [2.24, 2.45) is 0 Å². The van der Waals surface area contributed by atoms with Gasteiger partial charge in [-0.15, -0.1) is 0 Å². The van der Waals surface area contributed by atoms with Crippen LogP contribution in [0.5, 0.6) is 5.75 Å². The SMILES string of the molecule is CC1(NC(=O)c2cc(I)ccc2O)CCOCC1. The molecule has 0 spiro atoms. The zero-order valence-corrected chi connectivity index (χ0v) is 12.4. The second-order valence-electron chi connectivity index (χ2n) is 4.79. The predicted molar refractivity (Wildman–Crippen MR) is 76.7 cm³/mol. The molecule has 5 heteroatoms. The third-order valence-electron chi connectivity index (χ3n) is 3.21. The molecule has 0 aromatic heterocycles. The minimum atomic E-state index is -0.247. The van der Waals surface area contributed by atoms with E-state index in [1.807, 2.05) is 6.92 Å². The Morgan fingerprint density at radius 1 is 1.44 bits per heavy atom. The van der Waals surface area contributed by atoms with Gasteiger partial charge in [-0.05, 0) is 60.6 Å². The fourth-order valence-corrected chi connectivity index (χ4v) is 2.47. The Bertz CT molecular complexity index is 456. The summed E-state index contributed by atoms with van der Waals surface area (Å²) < 4.78 is 6.22. The molecule has 18 heavy (non-hydrogen) atoms. The molecule has 0 saturated carbocycles. The van der Waals surface area contributed by atoms with E-state index in [4.69, 9.17) is 4.74 Å². The Hall–Kier alpha value is -0.820. The molecule has 4 nitrogen and oxygen atoms in total. The molecular weight excluding hydrogens is 345 g/mol. The van der Waals surface area contributed by atoms with Crippen LogP contribution < -0.4 is 5.32 Å². The third-order valence-corrected chi connectivity index (χ3v) is 3.89. The number of amides is 1. The summed E-state index contributed by atoms with van der Waals surface area (Å²) in [7, 11) is 0. The van der Waals surface area contributed by atoms with E-state index in [-0.39, 0.29) is 17.2 Å². The lowest BCUT2D eigenvalue weighted by Crippen LogP contribution is -2.49. The number of carbonyl (C=O) groups excluding carboxylic acids is 1. The smallest absolute Gasteiger partial charge is 0.255 e. The van der Waals surface area contributed by atoms with E-state index in [0.717, 1.165) is 16.4 Å². The molecule has 1 aromatic rings. The van der Waals surface area contributed by atoms with Gasteiger partial charge in [-0.3, -0.25) is 4.79 Å². The van der Waals surface area contributed by atoms with Crippen LogP contribution in [0.1, 0.15) is 30.1 Å². The summed E-state index contributed by atoms with van der Waals surface area (Å²) in [6.07, 6.45) is 1.59. The number of halogens is 1. The molecule has 2 N–H and O–H groups in total. The summed E-state index contributed by atoms with van der Waals surface area (Å²) in [4.78, 5) is 12.2. The molecule has 1 fully saturated rings. The molecule has 1 heterocycles. The first-order valence-electron chi connectivity index (χ1n) is 5.89. The van der Waals surface area contributed by atoms with Crippen molar-refractivity contribution in [1.29, 1.82) is 0 Å². The number of rotatable bonds is 2. The van der Waals surface area contributed by atoms with Crippen molar-refractivity contribution in [2.45, 2.75) is 25.3 Å². The number of benzene rings is 1. The van der Waals surface area contributed by atoms with Gasteiger partial charge in [0, 0.05) is 22.3 Å². The normalized spacial score (nSPS) is 18.3.